The Bertz CT molecular complexity index is 1400. The first kappa shape index (κ1) is 25.9. The number of nitrogens with one attached hydrogen (secondary N) is 1. The quantitative estimate of drug-likeness (QED) is 0.301. The third-order valence-corrected chi connectivity index (χ3v) is 5.67. The van der Waals surface area contributed by atoms with Gasteiger partial charge in [0.25, 0.3) is 5.91 Å². The van der Waals surface area contributed by atoms with Crippen LogP contribution in [-0.4, -0.2) is 41.0 Å². The number of anilines is 1. The molecule has 0 aliphatic carbocycles. The molecule has 3 aromatic carbocycles. The second-order valence-electron chi connectivity index (χ2n) is 8.31. The number of methoxy groups -OCH3 is 1. The molecule has 1 amide bonds. The van der Waals surface area contributed by atoms with Crippen LogP contribution in [0.1, 0.15) is 27.0 Å². The van der Waals surface area contributed by atoms with Crippen LogP contribution in [0.2, 0.25) is 0 Å². The molecule has 1 N–H and O–H groups in total. The minimum atomic E-state index is -4.54. The van der Waals surface area contributed by atoms with Crippen LogP contribution in [0.15, 0.2) is 66.7 Å². The summed E-state index contributed by atoms with van der Waals surface area (Å²) >= 11 is 0. The van der Waals surface area contributed by atoms with E-state index >= 15 is 0 Å². The normalized spacial score (nSPS) is 11.4. The van der Waals surface area contributed by atoms with Gasteiger partial charge in [-0.05, 0) is 61.4 Å². The van der Waals surface area contributed by atoms with Crippen molar-refractivity contribution in [2.24, 2.45) is 0 Å². The summed E-state index contributed by atoms with van der Waals surface area (Å²) in [5.41, 5.74) is 2.06. The lowest BCUT2D eigenvalue weighted by atomic mass is 10.0. The standard InChI is InChI=1S/C27H25F3N4O3/c1-17-6-4-5-7-22(17)24-32-26(37-15-14-36-3)33-34(24)21-12-10-20(11-13-21)31-25(35)19-9-8-18(2)23(16-19)27(28,29)30/h4-13,16H,14-15H2,1-3H3,(H,31,35). The van der Waals surface area contributed by atoms with E-state index in [2.05, 4.69) is 15.4 Å². The molecule has 192 valence electrons. The van der Waals surface area contributed by atoms with Gasteiger partial charge in [-0.3, -0.25) is 4.79 Å². The molecular weight excluding hydrogens is 485 g/mol. The smallest absolute Gasteiger partial charge is 0.416 e. The van der Waals surface area contributed by atoms with Gasteiger partial charge in [0, 0.05) is 23.9 Å². The molecule has 37 heavy (non-hydrogen) atoms. The summed E-state index contributed by atoms with van der Waals surface area (Å²) in [5.74, 6) is -0.0740. The van der Waals surface area contributed by atoms with Crippen molar-refractivity contribution < 1.29 is 27.4 Å². The zero-order valence-corrected chi connectivity index (χ0v) is 20.5. The van der Waals surface area contributed by atoms with Gasteiger partial charge in [-0.2, -0.15) is 18.2 Å². The van der Waals surface area contributed by atoms with Crippen molar-refractivity contribution >= 4 is 11.6 Å². The average molecular weight is 511 g/mol. The van der Waals surface area contributed by atoms with E-state index in [0.717, 1.165) is 17.2 Å². The number of amides is 1. The molecule has 1 aromatic heterocycles. The second-order valence-corrected chi connectivity index (χ2v) is 8.31. The lowest BCUT2D eigenvalue weighted by Gasteiger charge is -2.12. The fourth-order valence-electron chi connectivity index (χ4n) is 3.71. The van der Waals surface area contributed by atoms with Crippen molar-refractivity contribution in [2.45, 2.75) is 20.0 Å². The highest BCUT2D eigenvalue weighted by Crippen LogP contribution is 2.32. The van der Waals surface area contributed by atoms with Gasteiger partial charge in [-0.25, -0.2) is 4.68 Å². The molecule has 0 aliphatic heterocycles. The van der Waals surface area contributed by atoms with Gasteiger partial charge in [0.15, 0.2) is 5.82 Å². The predicted molar refractivity (Wildman–Crippen MR) is 133 cm³/mol. The van der Waals surface area contributed by atoms with E-state index < -0.39 is 17.6 Å². The third kappa shape index (κ3) is 5.97. The number of aromatic nitrogens is 3. The van der Waals surface area contributed by atoms with Crippen molar-refractivity contribution in [1.82, 2.24) is 14.8 Å². The minimum absolute atomic E-state index is 0.0521. The van der Waals surface area contributed by atoms with E-state index in [-0.39, 0.29) is 23.7 Å². The molecule has 0 fully saturated rings. The topological polar surface area (TPSA) is 78.3 Å². The fraction of sp³-hybridized carbons (Fsp3) is 0.222. The highest BCUT2D eigenvalue weighted by molar-refractivity contribution is 6.04. The van der Waals surface area contributed by atoms with Crippen LogP contribution in [0.25, 0.3) is 17.1 Å². The Balaban J connectivity index is 1.59. The number of benzene rings is 3. The van der Waals surface area contributed by atoms with Crippen LogP contribution in [0.5, 0.6) is 6.01 Å². The van der Waals surface area contributed by atoms with Gasteiger partial charge < -0.3 is 14.8 Å². The zero-order chi connectivity index (χ0) is 26.6. The first-order valence-corrected chi connectivity index (χ1v) is 11.4. The fourth-order valence-corrected chi connectivity index (χ4v) is 3.71. The SMILES string of the molecule is COCCOc1nc(-c2ccccc2C)n(-c2ccc(NC(=O)c3ccc(C)c(C(F)(F)F)c3)cc2)n1. The number of nitrogens with zero attached hydrogens (tertiary/aromatic N) is 3. The minimum Gasteiger partial charge on any atom is -0.460 e. The van der Waals surface area contributed by atoms with Crippen molar-refractivity contribution in [1.29, 1.82) is 0 Å². The van der Waals surface area contributed by atoms with Crippen LogP contribution >= 0.6 is 0 Å². The van der Waals surface area contributed by atoms with Crippen LogP contribution in [-0.2, 0) is 10.9 Å². The maximum Gasteiger partial charge on any atom is 0.416 e. The van der Waals surface area contributed by atoms with Crippen molar-refractivity contribution in [3.63, 3.8) is 0 Å². The molecule has 0 aliphatic rings. The molecule has 10 heteroatoms. The number of hydrogen-bond acceptors (Lipinski definition) is 5. The Morgan fingerprint density at radius 3 is 2.38 bits per heavy atom. The van der Waals surface area contributed by atoms with Gasteiger partial charge >= 0.3 is 12.2 Å². The van der Waals surface area contributed by atoms with Crippen molar-refractivity contribution in [3.05, 3.63) is 89.0 Å². The molecule has 0 spiro atoms. The number of alkyl halides is 3. The Morgan fingerprint density at radius 2 is 1.70 bits per heavy atom. The first-order chi connectivity index (χ1) is 17.7. The molecule has 0 atom stereocenters. The molecule has 0 unspecified atom stereocenters. The van der Waals surface area contributed by atoms with E-state index in [4.69, 9.17) is 9.47 Å². The van der Waals surface area contributed by atoms with Gasteiger partial charge in [-0.15, -0.1) is 5.10 Å². The second kappa shape index (κ2) is 10.8. The summed E-state index contributed by atoms with van der Waals surface area (Å²) in [4.78, 5) is 17.2. The summed E-state index contributed by atoms with van der Waals surface area (Å²) in [6.45, 7) is 3.99. The van der Waals surface area contributed by atoms with E-state index in [1.54, 1.807) is 36.1 Å². The molecule has 0 radical (unpaired) electrons. The molecule has 0 saturated carbocycles. The number of aryl methyl sites for hydroxylation is 2. The summed E-state index contributed by atoms with van der Waals surface area (Å²) in [5, 5.41) is 7.12. The van der Waals surface area contributed by atoms with Gasteiger partial charge in [0.2, 0.25) is 0 Å². The van der Waals surface area contributed by atoms with Gasteiger partial charge in [0.1, 0.15) is 6.61 Å². The zero-order valence-electron chi connectivity index (χ0n) is 20.5. The molecule has 4 aromatic rings. The first-order valence-electron chi connectivity index (χ1n) is 11.4. The average Bonchev–Trinajstić information content (AvgIpc) is 3.28. The molecule has 0 saturated heterocycles. The van der Waals surface area contributed by atoms with E-state index in [1.807, 2.05) is 31.2 Å². The van der Waals surface area contributed by atoms with Crippen molar-refractivity contribution in [2.75, 3.05) is 25.6 Å². The maximum absolute atomic E-state index is 13.2. The molecule has 0 bridgehead atoms. The lowest BCUT2D eigenvalue weighted by Crippen LogP contribution is -2.15. The van der Waals surface area contributed by atoms with E-state index in [9.17, 15) is 18.0 Å². The number of ether oxygens (including phenoxy) is 2. The summed E-state index contributed by atoms with van der Waals surface area (Å²) in [6.07, 6.45) is -4.54. The number of halogens is 3. The Labute approximate surface area is 211 Å². The summed E-state index contributed by atoms with van der Waals surface area (Å²) in [7, 11) is 1.57. The van der Waals surface area contributed by atoms with Gasteiger partial charge in [-0.1, -0.05) is 30.3 Å². The Morgan fingerprint density at radius 1 is 0.973 bits per heavy atom. The predicted octanol–water partition coefficient (Wildman–Crippen LogP) is 5.85. The Kier molecular flexibility index (Phi) is 7.58. The molecule has 7 nitrogen and oxygen atoms in total. The molecular formula is C27H25F3N4O3. The van der Waals surface area contributed by atoms with E-state index in [0.29, 0.717) is 23.8 Å². The monoisotopic (exact) mass is 510 g/mol. The largest absolute Gasteiger partial charge is 0.460 e. The van der Waals surface area contributed by atoms with Crippen LogP contribution < -0.4 is 10.1 Å². The molecule has 1 heterocycles. The number of carbonyl (C=O) groups excluding carboxylic acids is 1. The van der Waals surface area contributed by atoms with Crippen LogP contribution in [0.3, 0.4) is 0 Å². The Hall–Kier alpha value is -4.18. The molecule has 4 rings (SSSR count). The number of hydrogen-bond donors (Lipinski definition) is 1. The number of carbonyl (C=O) groups is 1. The third-order valence-electron chi connectivity index (χ3n) is 5.67. The summed E-state index contributed by atoms with van der Waals surface area (Å²) < 4.78 is 52.0. The highest BCUT2D eigenvalue weighted by atomic mass is 19.4. The lowest BCUT2D eigenvalue weighted by molar-refractivity contribution is -0.138. The van der Waals surface area contributed by atoms with Crippen LogP contribution in [0.4, 0.5) is 18.9 Å². The van der Waals surface area contributed by atoms with E-state index in [1.165, 1.54) is 19.1 Å². The summed E-state index contributed by atoms with van der Waals surface area (Å²) in [6, 6.07) is 18.1. The number of rotatable bonds is 8. The van der Waals surface area contributed by atoms with Crippen LogP contribution in [0, 0.1) is 13.8 Å². The van der Waals surface area contributed by atoms with Gasteiger partial charge in [0.05, 0.1) is 17.9 Å². The highest BCUT2D eigenvalue weighted by Gasteiger charge is 2.33. The van der Waals surface area contributed by atoms with Crippen molar-refractivity contribution in [3.8, 4) is 23.1 Å². The maximum atomic E-state index is 13.2.